The van der Waals surface area contributed by atoms with Crippen molar-refractivity contribution in [3.05, 3.63) is 0 Å². The molecule has 19 heavy (non-hydrogen) atoms. The number of thioether (sulfide) groups is 1. The second kappa shape index (κ2) is 7.83. The largest absolute Gasteiger partial charge is 0.396 e. The van der Waals surface area contributed by atoms with E-state index in [-0.39, 0.29) is 18.6 Å². The van der Waals surface area contributed by atoms with E-state index in [2.05, 4.69) is 0 Å². The van der Waals surface area contributed by atoms with Crippen LogP contribution in [0.3, 0.4) is 0 Å². The van der Waals surface area contributed by atoms with Crippen molar-refractivity contribution in [1.29, 1.82) is 0 Å². The Bertz CT molecular complexity index is 346. The minimum absolute atomic E-state index is 0.0213. The van der Waals surface area contributed by atoms with Crippen molar-refractivity contribution in [3.63, 3.8) is 0 Å². The molecule has 114 valence electrons. The first-order chi connectivity index (χ1) is 8.93. The molecule has 0 aliphatic carbocycles. The molecule has 1 aliphatic heterocycles. The maximum absolute atomic E-state index is 12.5. The van der Waals surface area contributed by atoms with Gasteiger partial charge in [0.15, 0.2) is 0 Å². The van der Waals surface area contributed by atoms with Crippen LogP contribution in [0.25, 0.3) is 0 Å². The van der Waals surface area contributed by atoms with Crippen molar-refractivity contribution in [2.75, 3.05) is 38.8 Å². The molecule has 0 amide bonds. The summed E-state index contributed by atoms with van der Waals surface area (Å²) in [6.07, 6.45) is 4.40. The number of aliphatic hydroxyl groups is 1. The Morgan fingerprint density at radius 3 is 2.47 bits per heavy atom. The summed E-state index contributed by atoms with van der Waals surface area (Å²) in [6.45, 7) is 3.16. The molecule has 1 heterocycles. The van der Waals surface area contributed by atoms with Gasteiger partial charge in [-0.05, 0) is 44.1 Å². The van der Waals surface area contributed by atoms with E-state index < -0.39 is 10.2 Å². The van der Waals surface area contributed by atoms with Crippen LogP contribution in [0.1, 0.15) is 26.2 Å². The van der Waals surface area contributed by atoms with Crippen molar-refractivity contribution >= 4 is 22.0 Å². The van der Waals surface area contributed by atoms with Crippen LogP contribution in [0.2, 0.25) is 0 Å². The molecule has 0 bridgehead atoms. The Morgan fingerprint density at radius 1 is 1.42 bits per heavy atom. The van der Waals surface area contributed by atoms with E-state index in [1.54, 1.807) is 23.1 Å². The van der Waals surface area contributed by atoms with Crippen molar-refractivity contribution in [3.8, 4) is 0 Å². The van der Waals surface area contributed by atoms with Gasteiger partial charge in [0.05, 0.1) is 0 Å². The molecule has 1 atom stereocenters. The van der Waals surface area contributed by atoms with Gasteiger partial charge in [-0.25, -0.2) is 0 Å². The first kappa shape index (κ1) is 17.2. The summed E-state index contributed by atoms with van der Waals surface area (Å²) >= 11 is 1.73. The number of aliphatic hydroxyl groups excluding tert-OH is 1. The zero-order valence-corrected chi connectivity index (χ0v) is 13.7. The summed E-state index contributed by atoms with van der Waals surface area (Å²) in [6, 6.07) is 0.0213. The zero-order valence-electron chi connectivity index (χ0n) is 12.1. The minimum Gasteiger partial charge on any atom is -0.396 e. The molecule has 0 spiro atoms. The molecule has 1 saturated heterocycles. The Kier molecular flexibility index (Phi) is 7.10. The summed E-state index contributed by atoms with van der Waals surface area (Å²) in [5.74, 6) is 1.22. The molecule has 1 N–H and O–H groups in total. The Hall–Kier alpha value is 0.180. The highest BCUT2D eigenvalue weighted by Crippen LogP contribution is 2.22. The molecule has 0 radical (unpaired) electrons. The maximum Gasteiger partial charge on any atom is 0.281 e. The average Bonchev–Trinajstić information content (AvgIpc) is 2.43. The third-order valence-electron chi connectivity index (χ3n) is 3.88. The molecule has 0 aromatic heterocycles. The molecule has 1 unspecified atom stereocenters. The molecule has 1 aliphatic rings. The molecule has 5 nitrogen and oxygen atoms in total. The number of hydrogen-bond donors (Lipinski definition) is 1. The summed E-state index contributed by atoms with van der Waals surface area (Å²) in [5.41, 5.74) is 0. The predicted octanol–water partition coefficient (Wildman–Crippen LogP) is 1.01. The van der Waals surface area contributed by atoms with E-state index in [9.17, 15) is 8.42 Å². The lowest BCUT2D eigenvalue weighted by Gasteiger charge is -2.35. The highest BCUT2D eigenvalue weighted by atomic mass is 32.2. The van der Waals surface area contributed by atoms with Crippen molar-refractivity contribution in [2.45, 2.75) is 32.2 Å². The number of rotatable bonds is 7. The van der Waals surface area contributed by atoms with E-state index in [1.807, 2.05) is 13.2 Å². The number of piperidine rings is 1. The normalized spacial score (nSPS) is 20.9. The van der Waals surface area contributed by atoms with Gasteiger partial charge in [0.25, 0.3) is 10.2 Å². The fourth-order valence-electron chi connectivity index (χ4n) is 2.20. The van der Waals surface area contributed by atoms with E-state index in [4.69, 9.17) is 5.11 Å². The van der Waals surface area contributed by atoms with Gasteiger partial charge in [-0.3, -0.25) is 0 Å². The van der Waals surface area contributed by atoms with E-state index in [1.165, 1.54) is 4.31 Å². The lowest BCUT2D eigenvalue weighted by molar-refractivity contribution is 0.165. The third kappa shape index (κ3) is 4.60. The van der Waals surface area contributed by atoms with Crippen LogP contribution >= 0.6 is 11.8 Å². The fourth-order valence-corrected chi connectivity index (χ4v) is 4.38. The average molecular weight is 310 g/mol. The van der Waals surface area contributed by atoms with Crippen LogP contribution < -0.4 is 0 Å². The molecule has 0 saturated carbocycles. The number of hydrogen-bond acceptors (Lipinski definition) is 4. The smallest absolute Gasteiger partial charge is 0.281 e. The van der Waals surface area contributed by atoms with Crippen LogP contribution in [0.15, 0.2) is 0 Å². The van der Waals surface area contributed by atoms with Crippen LogP contribution in [0, 0.1) is 5.92 Å². The van der Waals surface area contributed by atoms with E-state index in [0.29, 0.717) is 13.1 Å². The van der Waals surface area contributed by atoms with Gasteiger partial charge >= 0.3 is 0 Å². The lowest BCUT2D eigenvalue weighted by Crippen LogP contribution is -2.48. The Morgan fingerprint density at radius 2 is 2.00 bits per heavy atom. The van der Waals surface area contributed by atoms with Crippen LogP contribution in [-0.4, -0.2) is 66.9 Å². The molecule has 0 aromatic carbocycles. The van der Waals surface area contributed by atoms with Gasteiger partial charge in [0, 0.05) is 32.8 Å². The van der Waals surface area contributed by atoms with Crippen molar-refractivity contribution in [1.82, 2.24) is 8.61 Å². The third-order valence-corrected chi connectivity index (χ3v) is 6.63. The minimum atomic E-state index is -3.35. The van der Waals surface area contributed by atoms with Crippen LogP contribution in [0.5, 0.6) is 0 Å². The summed E-state index contributed by atoms with van der Waals surface area (Å²) in [4.78, 5) is 0. The monoisotopic (exact) mass is 310 g/mol. The molecule has 0 aromatic rings. The Balaban J connectivity index is 2.59. The first-order valence-electron chi connectivity index (χ1n) is 6.76. The number of nitrogens with zero attached hydrogens (tertiary/aromatic N) is 2. The predicted molar refractivity (Wildman–Crippen MR) is 80.5 cm³/mol. The Labute approximate surface area is 121 Å². The van der Waals surface area contributed by atoms with Crippen molar-refractivity contribution in [2.24, 2.45) is 5.92 Å². The van der Waals surface area contributed by atoms with Gasteiger partial charge in [-0.15, -0.1) is 0 Å². The molecule has 1 fully saturated rings. The summed E-state index contributed by atoms with van der Waals surface area (Å²) in [7, 11) is -1.68. The SMILES string of the molecule is CSCCC(C)N(C)S(=O)(=O)N1CCC(CO)CC1. The standard InChI is InChI=1S/C12H26N2O3S2/c1-11(6-9-18-3)13(2)19(16,17)14-7-4-12(10-15)5-8-14/h11-12,15H,4-10H2,1-3H3. The van der Waals surface area contributed by atoms with Gasteiger partial charge in [-0.1, -0.05) is 0 Å². The molecular weight excluding hydrogens is 284 g/mol. The first-order valence-corrected chi connectivity index (χ1v) is 9.55. The molecule has 1 rings (SSSR count). The topological polar surface area (TPSA) is 60.9 Å². The van der Waals surface area contributed by atoms with E-state index in [0.717, 1.165) is 25.0 Å². The van der Waals surface area contributed by atoms with Crippen LogP contribution in [-0.2, 0) is 10.2 Å². The van der Waals surface area contributed by atoms with Gasteiger partial charge in [0.1, 0.15) is 0 Å². The van der Waals surface area contributed by atoms with Gasteiger partial charge < -0.3 is 5.11 Å². The highest BCUT2D eigenvalue weighted by Gasteiger charge is 2.32. The summed E-state index contributed by atoms with van der Waals surface area (Å²) in [5, 5.41) is 9.09. The van der Waals surface area contributed by atoms with Gasteiger partial charge in [-0.2, -0.15) is 28.8 Å². The second-order valence-electron chi connectivity index (χ2n) is 5.18. The molecule has 7 heteroatoms. The van der Waals surface area contributed by atoms with E-state index >= 15 is 0 Å². The fraction of sp³-hybridized carbons (Fsp3) is 1.00. The maximum atomic E-state index is 12.5. The van der Waals surface area contributed by atoms with Crippen molar-refractivity contribution < 1.29 is 13.5 Å². The zero-order chi connectivity index (χ0) is 14.5. The molecular formula is C12H26N2O3S2. The highest BCUT2D eigenvalue weighted by molar-refractivity contribution is 7.98. The van der Waals surface area contributed by atoms with Crippen LogP contribution in [0.4, 0.5) is 0 Å². The lowest BCUT2D eigenvalue weighted by atomic mass is 10.00. The van der Waals surface area contributed by atoms with Gasteiger partial charge in [0.2, 0.25) is 0 Å². The second-order valence-corrected chi connectivity index (χ2v) is 8.15. The summed E-state index contributed by atoms with van der Waals surface area (Å²) < 4.78 is 28.0. The quantitative estimate of drug-likeness (QED) is 0.762.